The quantitative estimate of drug-likeness (QED) is 0.374. The van der Waals surface area contributed by atoms with E-state index < -0.39 is 8.07 Å². The van der Waals surface area contributed by atoms with Gasteiger partial charge >= 0.3 is 0 Å². The molecule has 1 heterocycles. The van der Waals surface area contributed by atoms with Crippen molar-refractivity contribution < 1.29 is 4.79 Å². The first kappa shape index (κ1) is 9.51. The maximum atomic E-state index is 11.2. The van der Waals surface area contributed by atoms with Gasteiger partial charge in [0.05, 0.1) is 14.1 Å². The third-order valence-electron chi connectivity index (χ3n) is 2.55. The summed E-state index contributed by atoms with van der Waals surface area (Å²) in [7, 11) is -1.26. The molecule has 1 N–H and O–H groups in total. The second-order valence-corrected chi connectivity index (χ2v) is 9.73. The van der Waals surface area contributed by atoms with Crippen LogP contribution in [0.1, 0.15) is 13.8 Å². The first-order valence-corrected chi connectivity index (χ1v) is 7.86. The van der Waals surface area contributed by atoms with E-state index in [2.05, 4.69) is 31.9 Å². The Kier molecular flexibility index (Phi) is 2.16. The Morgan fingerprint density at radius 2 is 1.92 bits per heavy atom. The molecule has 0 aliphatic carbocycles. The summed E-state index contributed by atoms with van der Waals surface area (Å²) in [5.41, 5.74) is 1.04. The van der Waals surface area contributed by atoms with Gasteiger partial charge < -0.3 is 5.32 Å². The van der Waals surface area contributed by atoms with Crippen LogP contribution in [-0.4, -0.2) is 20.0 Å². The van der Waals surface area contributed by atoms with Crippen LogP contribution in [0.25, 0.3) is 0 Å². The largest absolute Gasteiger partial charge is 0.346 e. The summed E-state index contributed by atoms with van der Waals surface area (Å²) in [5.74, 6) is 0.141. The minimum atomic E-state index is -1.26. The minimum absolute atomic E-state index is 0.141. The van der Waals surface area contributed by atoms with E-state index in [1.54, 1.807) is 0 Å². The van der Waals surface area contributed by atoms with E-state index >= 15 is 0 Å². The Hall–Kier alpha value is -0.573. The predicted octanol–water partition coefficient (Wildman–Crippen LogP) is 1.70. The predicted molar refractivity (Wildman–Crippen MR) is 53.7 cm³/mol. The van der Waals surface area contributed by atoms with E-state index in [-0.39, 0.29) is 11.9 Å². The Labute approximate surface area is 75.1 Å². The summed E-state index contributed by atoms with van der Waals surface area (Å²) in [6, 6.07) is 0.282. The molecule has 12 heavy (non-hydrogen) atoms. The Morgan fingerprint density at radius 3 is 2.08 bits per heavy atom. The van der Waals surface area contributed by atoms with Crippen molar-refractivity contribution in [3.05, 3.63) is 10.8 Å². The van der Waals surface area contributed by atoms with Crippen molar-refractivity contribution in [3.63, 3.8) is 0 Å². The second-order valence-electron chi connectivity index (χ2n) is 4.48. The van der Waals surface area contributed by atoms with Crippen LogP contribution in [-0.2, 0) is 4.79 Å². The standard InChI is InChI=1S/C9H17NOSi/c1-6-8(9(11)10-6)7(2)12(3,4)5/h6H,1-5H3,(H,10,11)/b8-7+. The molecule has 0 aromatic carbocycles. The Morgan fingerprint density at radius 1 is 1.42 bits per heavy atom. The number of allylic oxidation sites excluding steroid dienone is 1. The van der Waals surface area contributed by atoms with Gasteiger partial charge in [-0.15, -0.1) is 0 Å². The molecule has 0 saturated carbocycles. The molecule has 0 radical (unpaired) electrons. The molecule has 1 amide bonds. The average molecular weight is 183 g/mol. The van der Waals surface area contributed by atoms with Gasteiger partial charge in [0.2, 0.25) is 5.91 Å². The number of rotatable bonds is 1. The molecule has 0 spiro atoms. The smallest absolute Gasteiger partial charge is 0.249 e. The zero-order valence-electron chi connectivity index (χ0n) is 8.49. The number of hydrogen-bond acceptors (Lipinski definition) is 1. The Balaban J connectivity index is 2.98. The van der Waals surface area contributed by atoms with E-state index in [4.69, 9.17) is 0 Å². The number of β-lactam (4-membered cyclic amide) rings is 1. The normalized spacial score (nSPS) is 27.8. The molecule has 1 atom stereocenters. The molecule has 1 aliphatic rings. The maximum Gasteiger partial charge on any atom is 0.249 e. The zero-order valence-corrected chi connectivity index (χ0v) is 9.49. The van der Waals surface area contributed by atoms with Crippen LogP contribution < -0.4 is 5.32 Å². The molecule has 0 bridgehead atoms. The SMILES string of the molecule is C/C(=C1\C(=O)NC1C)[Si](C)(C)C. The van der Waals surface area contributed by atoms with Gasteiger partial charge in [-0.3, -0.25) is 4.79 Å². The lowest BCUT2D eigenvalue weighted by atomic mass is 10.00. The lowest BCUT2D eigenvalue weighted by molar-refractivity contribution is -0.122. The zero-order chi connectivity index (χ0) is 9.52. The van der Waals surface area contributed by atoms with Crippen molar-refractivity contribution in [2.24, 2.45) is 0 Å². The molecular weight excluding hydrogens is 166 g/mol. The molecule has 1 aliphatic heterocycles. The maximum absolute atomic E-state index is 11.2. The summed E-state index contributed by atoms with van der Waals surface area (Å²) in [4.78, 5) is 11.2. The van der Waals surface area contributed by atoms with Gasteiger partial charge in [0, 0.05) is 5.57 Å². The van der Waals surface area contributed by atoms with Gasteiger partial charge in [-0.05, 0) is 13.8 Å². The molecule has 0 aromatic heterocycles. The number of carbonyl (C=O) groups excluding carboxylic acids is 1. The van der Waals surface area contributed by atoms with Crippen LogP contribution >= 0.6 is 0 Å². The number of carbonyl (C=O) groups is 1. The fourth-order valence-electron chi connectivity index (χ4n) is 1.36. The van der Waals surface area contributed by atoms with E-state index in [9.17, 15) is 4.79 Å². The van der Waals surface area contributed by atoms with Crippen LogP contribution in [0.4, 0.5) is 0 Å². The highest BCUT2D eigenvalue weighted by molar-refractivity contribution is 6.83. The van der Waals surface area contributed by atoms with Gasteiger partial charge in [-0.25, -0.2) is 0 Å². The van der Waals surface area contributed by atoms with E-state index in [1.807, 2.05) is 6.92 Å². The van der Waals surface area contributed by atoms with Gasteiger partial charge in [-0.1, -0.05) is 24.8 Å². The summed E-state index contributed by atoms with van der Waals surface area (Å²) < 4.78 is 0. The van der Waals surface area contributed by atoms with Crippen molar-refractivity contribution in [1.82, 2.24) is 5.32 Å². The van der Waals surface area contributed by atoms with Crippen molar-refractivity contribution in [2.45, 2.75) is 39.5 Å². The van der Waals surface area contributed by atoms with Crippen LogP contribution in [0.5, 0.6) is 0 Å². The monoisotopic (exact) mass is 183 g/mol. The Bertz CT molecular complexity index is 250. The molecule has 0 aromatic rings. The minimum Gasteiger partial charge on any atom is -0.346 e. The molecule has 1 saturated heterocycles. The van der Waals surface area contributed by atoms with Crippen LogP contribution in [0.15, 0.2) is 10.8 Å². The lowest BCUT2D eigenvalue weighted by Gasteiger charge is -2.33. The second kappa shape index (κ2) is 2.73. The number of amides is 1. The molecule has 1 rings (SSSR count). The van der Waals surface area contributed by atoms with Gasteiger partial charge in [-0.2, -0.15) is 0 Å². The fourth-order valence-corrected chi connectivity index (χ4v) is 2.50. The molecule has 1 unspecified atom stereocenters. The summed E-state index contributed by atoms with van der Waals surface area (Å²) in [6.07, 6.45) is 0. The van der Waals surface area contributed by atoms with Crippen LogP contribution in [0.2, 0.25) is 19.6 Å². The van der Waals surface area contributed by atoms with E-state index in [0.29, 0.717) is 0 Å². The van der Waals surface area contributed by atoms with E-state index in [0.717, 1.165) is 5.57 Å². The van der Waals surface area contributed by atoms with Crippen LogP contribution in [0.3, 0.4) is 0 Å². The van der Waals surface area contributed by atoms with E-state index in [1.165, 1.54) is 5.20 Å². The summed E-state index contributed by atoms with van der Waals surface area (Å²) >= 11 is 0. The lowest BCUT2D eigenvalue weighted by Crippen LogP contribution is -2.51. The van der Waals surface area contributed by atoms with Crippen molar-refractivity contribution in [2.75, 3.05) is 0 Å². The molecule has 2 nitrogen and oxygen atoms in total. The highest BCUT2D eigenvalue weighted by atomic mass is 28.3. The van der Waals surface area contributed by atoms with Gasteiger partial charge in [0.1, 0.15) is 0 Å². The topological polar surface area (TPSA) is 29.1 Å². The number of hydrogen-bond donors (Lipinski definition) is 1. The summed E-state index contributed by atoms with van der Waals surface area (Å²) in [6.45, 7) is 11.0. The number of nitrogens with one attached hydrogen (secondary N) is 1. The van der Waals surface area contributed by atoms with Gasteiger partial charge in [0.15, 0.2) is 0 Å². The third kappa shape index (κ3) is 1.46. The first-order valence-electron chi connectivity index (χ1n) is 4.36. The molecule has 3 heteroatoms. The highest BCUT2D eigenvalue weighted by Gasteiger charge is 2.33. The van der Waals surface area contributed by atoms with Crippen LogP contribution in [0, 0.1) is 0 Å². The summed E-state index contributed by atoms with van der Waals surface area (Å²) in [5, 5.41) is 4.18. The average Bonchev–Trinajstić information content (AvgIpc) is 1.84. The van der Waals surface area contributed by atoms with Crippen molar-refractivity contribution in [3.8, 4) is 0 Å². The third-order valence-corrected chi connectivity index (χ3v) is 5.07. The van der Waals surface area contributed by atoms with Gasteiger partial charge in [0.25, 0.3) is 0 Å². The molecule has 68 valence electrons. The van der Waals surface area contributed by atoms with Crippen molar-refractivity contribution >= 4 is 14.0 Å². The molecule has 1 fully saturated rings. The molecular formula is C9H17NOSi. The van der Waals surface area contributed by atoms with Crippen molar-refractivity contribution in [1.29, 1.82) is 0 Å². The highest BCUT2D eigenvalue weighted by Crippen LogP contribution is 2.24. The first-order chi connectivity index (χ1) is 5.34. The fraction of sp³-hybridized carbons (Fsp3) is 0.667.